The molecule has 2 unspecified atom stereocenters. The third-order valence-corrected chi connectivity index (χ3v) is 5.85. The fraction of sp³-hybridized carbons (Fsp3) is 0.500. The molecule has 1 fully saturated rings. The monoisotopic (exact) mass is 393 g/mol. The lowest BCUT2D eigenvalue weighted by Crippen LogP contribution is -2.44. The van der Waals surface area contributed by atoms with Crippen molar-refractivity contribution in [1.82, 2.24) is 15.1 Å². The van der Waals surface area contributed by atoms with Crippen LogP contribution in [0.5, 0.6) is 5.75 Å². The second-order valence-corrected chi connectivity index (χ2v) is 8.98. The first-order valence-electron chi connectivity index (χ1n) is 8.77. The summed E-state index contributed by atoms with van der Waals surface area (Å²) in [6.07, 6.45) is 1.03. The molecular weight excluding hydrogens is 370 g/mol. The van der Waals surface area contributed by atoms with Gasteiger partial charge in [0.25, 0.3) is 0 Å². The molecule has 1 aliphatic rings. The predicted octanol–water partition coefficient (Wildman–Crippen LogP) is 2.02. The van der Waals surface area contributed by atoms with Crippen molar-refractivity contribution in [3.63, 3.8) is 0 Å². The van der Waals surface area contributed by atoms with Crippen LogP contribution in [0.1, 0.15) is 20.3 Å². The van der Waals surface area contributed by atoms with Gasteiger partial charge in [0.2, 0.25) is 21.6 Å². The van der Waals surface area contributed by atoms with Gasteiger partial charge in [-0.1, -0.05) is 25.0 Å². The normalized spacial score (nSPS) is 20.5. The molecule has 2 heterocycles. The third kappa shape index (κ3) is 4.47. The Morgan fingerprint density at radius 1 is 1.26 bits per heavy atom. The number of sulfone groups is 1. The fourth-order valence-corrected chi connectivity index (χ4v) is 4.39. The van der Waals surface area contributed by atoms with Gasteiger partial charge < -0.3 is 14.1 Å². The van der Waals surface area contributed by atoms with Crippen LogP contribution in [0, 0.1) is 11.8 Å². The number of rotatable bonds is 5. The summed E-state index contributed by atoms with van der Waals surface area (Å²) in [4.78, 5) is 14.1. The average Bonchev–Trinajstić information content (AvgIpc) is 3.12. The zero-order chi connectivity index (χ0) is 19.6. The van der Waals surface area contributed by atoms with Crippen LogP contribution < -0.4 is 4.74 Å². The number of aromatic nitrogens is 2. The molecule has 1 aromatic carbocycles. The average molecular weight is 393 g/mol. The number of methoxy groups -OCH3 is 1. The van der Waals surface area contributed by atoms with Gasteiger partial charge in [0.1, 0.15) is 11.5 Å². The van der Waals surface area contributed by atoms with E-state index in [2.05, 4.69) is 24.0 Å². The van der Waals surface area contributed by atoms with Crippen LogP contribution in [-0.2, 0) is 14.6 Å². The molecule has 8 nitrogen and oxygen atoms in total. The van der Waals surface area contributed by atoms with E-state index in [-0.39, 0.29) is 5.89 Å². The summed E-state index contributed by atoms with van der Waals surface area (Å²) < 4.78 is 35.6. The van der Waals surface area contributed by atoms with Crippen molar-refractivity contribution in [1.29, 1.82) is 0 Å². The summed E-state index contributed by atoms with van der Waals surface area (Å²) in [5, 5.41) is 6.88. The third-order valence-electron chi connectivity index (χ3n) is 4.52. The Hall–Kier alpha value is -2.42. The van der Waals surface area contributed by atoms with Crippen LogP contribution in [0.15, 0.2) is 33.9 Å². The van der Waals surface area contributed by atoms with Gasteiger partial charge in [0.15, 0.2) is 0 Å². The smallest absolute Gasteiger partial charge is 0.336 e. The largest absolute Gasteiger partial charge is 0.497 e. The number of hydrogen-bond acceptors (Lipinski definition) is 7. The van der Waals surface area contributed by atoms with Crippen LogP contribution in [0.25, 0.3) is 11.5 Å². The van der Waals surface area contributed by atoms with Gasteiger partial charge >= 0.3 is 5.22 Å². The van der Waals surface area contributed by atoms with Crippen molar-refractivity contribution in [2.24, 2.45) is 11.8 Å². The first-order valence-corrected chi connectivity index (χ1v) is 10.4. The Labute approximate surface area is 158 Å². The molecule has 1 amide bonds. The molecule has 0 spiro atoms. The molecule has 146 valence electrons. The highest BCUT2D eigenvalue weighted by molar-refractivity contribution is 7.91. The lowest BCUT2D eigenvalue weighted by atomic mass is 9.92. The van der Waals surface area contributed by atoms with Crippen molar-refractivity contribution < 1.29 is 22.4 Å². The molecule has 1 saturated heterocycles. The van der Waals surface area contributed by atoms with Crippen LogP contribution in [0.4, 0.5) is 0 Å². The number of nitrogens with zero attached hydrogens (tertiary/aromatic N) is 3. The number of hydrogen-bond donors (Lipinski definition) is 0. The quantitative estimate of drug-likeness (QED) is 0.766. The van der Waals surface area contributed by atoms with Gasteiger partial charge in [0, 0.05) is 18.7 Å². The minimum Gasteiger partial charge on any atom is -0.497 e. The number of amides is 1. The van der Waals surface area contributed by atoms with E-state index in [1.165, 1.54) is 7.11 Å². The molecule has 27 heavy (non-hydrogen) atoms. The van der Waals surface area contributed by atoms with E-state index >= 15 is 0 Å². The van der Waals surface area contributed by atoms with E-state index in [0.29, 0.717) is 36.2 Å². The number of piperidine rings is 1. The summed E-state index contributed by atoms with van der Waals surface area (Å²) in [5.41, 5.74) is 0.535. The molecule has 0 radical (unpaired) electrons. The molecule has 3 rings (SSSR count). The van der Waals surface area contributed by atoms with Gasteiger partial charge in [0.05, 0.1) is 7.11 Å². The standard InChI is InChI=1S/C18H23N3O5S/c1-12-7-13(2)10-21(9-12)16(22)11-27(23,24)18-20-19-17(26-18)14-5-4-6-15(8-14)25-3/h4-6,8,12-13H,7,9-11H2,1-3H3. The summed E-state index contributed by atoms with van der Waals surface area (Å²) in [6.45, 7) is 5.25. The Kier molecular flexibility index (Phi) is 5.50. The second-order valence-electron chi connectivity index (χ2n) is 7.11. The van der Waals surface area contributed by atoms with Crippen LogP contribution in [0.3, 0.4) is 0 Å². The zero-order valence-corrected chi connectivity index (χ0v) is 16.4. The van der Waals surface area contributed by atoms with Gasteiger partial charge in [-0.05, 0) is 36.5 Å². The van der Waals surface area contributed by atoms with E-state index in [0.717, 1.165) is 6.42 Å². The van der Waals surface area contributed by atoms with Crippen molar-refractivity contribution >= 4 is 15.7 Å². The Balaban J connectivity index is 1.75. The molecule has 2 aromatic rings. The Morgan fingerprint density at radius 3 is 2.63 bits per heavy atom. The Bertz CT molecular complexity index is 915. The minimum absolute atomic E-state index is 0.0557. The predicted molar refractivity (Wildman–Crippen MR) is 97.9 cm³/mol. The summed E-state index contributed by atoms with van der Waals surface area (Å²) >= 11 is 0. The molecule has 0 saturated carbocycles. The first kappa shape index (κ1) is 19.3. The van der Waals surface area contributed by atoms with Crippen LogP contribution in [0.2, 0.25) is 0 Å². The molecule has 0 N–H and O–H groups in total. The lowest BCUT2D eigenvalue weighted by molar-refractivity contribution is -0.131. The molecule has 1 aliphatic heterocycles. The van der Waals surface area contributed by atoms with Crippen LogP contribution in [-0.4, -0.2) is 55.4 Å². The van der Waals surface area contributed by atoms with Crippen molar-refractivity contribution in [2.75, 3.05) is 26.0 Å². The van der Waals surface area contributed by atoms with E-state index in [1.807, 2.05) is 0 Å². The highest BCUT2D eigenvalue weighted by Crippen LogP contribution is 2.25. The van der Waals surface area contributed by atoms with Gasteiger partial charge in [-0.15, -0.1) is 5.10 Å². The molecule has 0 bridgehead atoms. The topological polar surface area (TPSA) is 103 Å². The number of carbonyl (C=O) groups excluding carboxylic acids is 1. The van der Waals surface area contributed by atoms with E-state index in [1.54, 1.807) is 29.2 Å². The summed E-state index contributed by atoms with van der Waals surface area (Å²) in [5.74, 6) is 0.229. The summed E-state index contributed by atoms with van der Waals surface area (Å²) in [6, 6.07) is 6.84. The highest BCUT2D eigenvalue weighted by atomic mass is 32.2. The van der Waals surface area contributed by atoms with Gasteiger partial charge in [-0.25, -0.2) is 8.42 Å². The minimum atomic E-state index is -4.01. The van der Waals surface area contributed by atoms with E-state index < -0.39 is 26.7 Å². The lowest BCUT2D eigenvalue weighted by Gasteiger charge is -2.34. The van der Waals surface area contributed by atoms with Gasteiger partial charge in [-0.2, -0.15) is 0 Å². The molecule has 1 aromatic heterocycles. The zero-order valence-electron chi connectivity index (χ0n) is 15.6. The van der Waals surface area contributed by atoms with Gasteiger partial charge in [-0.3, -0.25) is 4.79 Å². The molecule has 2 atom stereocenters. The molecule has 0 aliphatic carbocycles. The van der Waals surface area contributed by atoms with E-state index in [9.17, 15) is 13.2 Å². The maximum Gasteiger partial charge on any atom is 0.336 e. The number of carbonyl (C=O) groups is 1. The molecule has 9 heteroatoms. The maximum atomic E-state index is 12.5. The van der Waals surface area contributed by atoms with E-state index in [4.69, 9.17) is 9.15 Å². The summed E-state index contributed by atoms with van der Waals surface area (Å²) in [7, 11) is -2.48. The first-order chi connectivity index (χ1) is 12.8. The number of ether oxygens (including phenoxy) is 1. The second kappa shape index (κ2) is 7.67. The fourth-order valence-electron chi connectivity index (χ4n) is 3.39. The number of benzene rings is 1. The SMILES string of the molecule is COc1cccc(-c2nnc(S(=O)(=O)CC(=O)N3CC(C)CC(C)C3)o2)c1. The number of likely N-dealkylation sites (tertiary alicyclic amines) is 1. The Morgan fingerprint density at radius 2 is 1.96 bits per heavy atom. The van der Waals surface area contributed by atoms with Crippen molar-refractivity contribution in [3.05, 3.63) is 24.3 Å². The van der Waals surface area contributed by atoms with Crippen molar-refractivity contribution in [2.45, 2.75) is 25.5 Å². The van der Waals surface area contributed by atoms with Crippen LogP contribution >= 0.6 is 0 Å². The maximum absolute atomic E-state index is 12.5. The molecular formula is C18H23N3O5S. The van der Waals surface area contributed by atoms with Crippen molar-refractivity contribution in [3.8, 4) is 17.2 Å². The highest BCUT2D eigenvalue weighted by Gasteiger charge is 2.32.